The first-order chi connectivity index (χ1) is 24.8. The number of anilines is 9. The van der Waals surface area contributed by atoms with Crippen molar-refractivity contribution in [2.75, 3.05) is 49.3 Å². The maximum atomic E-state index is 13.2. The zero-order valence-electron chi connectivity index (χ0n) is 27.2. The predicted molar refractivity (Wildman–Crippen MR) is 201 cm³/mol. The normalized spacial score (nSPS) is 13.6. The van der Waals surface area contributed by atoms with E-state index in [1.54, 1.807) is 23.6 Å². The molecular weight excluding hydrogens is 696 g/mol. The van der Waals surface area contributed by atoms with Crippen LogP contribution in [0.3, 0.4) is 0 Å². The summed E-state index contributed by atoms with van der Waals surface area (Å²) in [5.74, 6) is 0. The van der Waals surface area contributed by atoms with Crippen LogP contribution in [0.5, 0.6) is 0 Å². The Morgan fingerprint density at radius 3 is 2.22 bits per heavy atom. The maximum absolute atomic E-state index is 13.2. The summed E-state index contributed by atoms with van der Waals surface area (Å²) in [5.41, 5.74) is 19.2. The number of halogens is 3. The van der Waals surface area contributed by atoms with Gasteiger partial charge >= 0.3 is 11.5 Å². The molecule has 0 fully saturated rings. The van der Waals surface area contributed by atoms with E-state index in [0.717, 1.165) is 69.5 Å². The number of nitrogens with zero attached hydrogens (tertiary/aromatic N) is 4. The van der Waals surface area contributed by atoms with E-state index >= 15 is 0 Å². The number of hydrazine groups is 2. The summed E-state index contributed by atoms with van der Waals surface area (Å²) >= 11 is 1.23. The third kappa shape index (κ3) is 7.07. The molecule has 5 N–H and O–H groups in total. The van der Waals surface area contributed by atoms with Crippen LogP contribution in [0, 0.1) is 6.92 Å². The van der Waals surface area contributed by atoms with Crippen LogP contribution in [0.4, 0.5) is 64.1 Å². The molecule has 0 radical (unpaired) electrons. The average molecular weight is 728 g/mol. The highest BCUT2D eigenvalue weighted by Gasteiger charge is 2.30. The average Bonchev–Trinajstić information content (AvgIpc) is 3.96. The van der Waals surface area contributed by atoms with Gasteiger partial charge < -0.3 is 18.9 Å². The fraction of sp³-hybridized carbons (Fsp3) is 0.167. The van der Waals surface area contributed by atoms with Crippen molar-refractivity contribution in [3.05, 3.63) is 114 Å². The van der Waals surface area contributed by atoms with Gasteiger partial charge in [0.2, 0.25) is 5.13 Å². The van der Waals surface area contributed by atoms with E-state index in [2.05, 4.69) is 114 Å². The minimum absolute atomic E-state index is 0.195. The molecule has 0 spiro atoms. The molecule has 10 nitrogen and oxygen atoms in total. The van der Waals surface area contributed by atoms with Gasteiger partial charge in [-0.05, 0) is 96.1 Å². The lowest BCUT2D eigenvalue weighted by Gasteiger charge is -2.23. The van der Waals surface area contributed by atoms with Gasteiger partial charge in [-0.25, -0.2) is 9.97 Å². The van der Waals surface area contributed by atoms with Gasteiger partial charge in [0.15, 0.2) is 0 Å². The monoisotopic (exact) mass is 727 g/mol. The molecule has 0 unspecified atom stereocenters. The van der Waals surface area contributed by atoms with Crippen molar-refractivity contribution in [3.8, 4) is 11.1 Å². The molecule has 0 saturated carbocycles. The zero-order chi connectivity index (χ0) is 35.0. The molecule has 0 bridgehead atoms. The smallest absolute Gasteiger partial charge is 0.431 e. The number of benzene rings is 4. The number of aryl methyl sites for hydroxylation is 1. The Balaban J connectivity index is 0.999. The Morgan fingerprint density at radius 2 is 1.49 bits per heavy atom. The van der Waals surface area contributed by atoms with Crippen LogP contribution in [-0.2, 0) is 12.8 Å². The Hall–Kier alpha value is -5.54. The van der Waals surface area contributed by atoms with Gasteiger partial charge in [0.25, 0.3) is 0 Å². The summed E-state index contributed by atoms with van der Waals surface area (Å²) in [6.07, 6.45) is 6.32. The Labute approximate surface area is 300 Å². The lowest BCUT2D eigenvalue weighted by Crippen LogP contribution is -2.14. The van der Waals surface area contributed by atoms with Crippen LogP contribution in [0.1, 0.15) is 16.7 Å². The number of hydrogen-bond donors (Lipinski definition) is 5. The van der Waals surface area contributed by atoms with Crippen LogP contribution in [-0.4, -0.2) is 28.6 Å². The van der Waals surface area contributed by atoms with Crippen molar-refractivity contribution in [2.24, 2.45) is 0 Å². The number of nitrogens with one attached hydrogen (secondary N) is 5. The first-order valence-electron chi connectivity index (χ1n) is 16.2. The second-order valence-corrected chi connectivity index (χ2v) is 13.8. The van der Waals surface area contributed by atoms with E-state index in [1.165, 1.54) is 23.7 Å². The van der Waals surface area contributed by atoms with Crippen LogP contribution < -0.4 is 36.2 Å². The molecule has 8 rings (SSSR count). The molecule has 2 aromatic heterocycles. The van der Waals surface area contributed by atoms with Gasteiger partial charge in [0.1, 0.15) is 6.26 Å². The first kappa shape index (κ1) is 32.7. The number of oxazole rings is 1. The fourth-order valence-corrected chi connectivity index (χ4v) is 7.33. The van der Waals surface area contributed by atoms with Crippen LogP contribution in [0.15, 0.2) is 101 Å². The molecule has 6 aromatic rings. The summed E-state index contributed by atoms with van der Waals surface area (Å²) in [6, 6.07) is 25.1. The van der Waals surface area contributed by atoms with E-state index in [-0.39, 0.29) is 23.6 Å². The van der Waals surface area contributed by atoms with Crippen molar-refractivity contribution in [1.82, 2.24) is 9.97 Å². The molecule has 4 aromatic carbocycles. The Bertz CT molecular complexity index is 2140. The van der Waals surface area contributed by atoms with Gasteiger partial charge in [0.05, 0.1) is 35.2 Å². The molecule has 4 heterocycles. The molecule has 2 aliphatic heterocycles. The number of aromatic nitrogens is 2. The minimum atomic E-state index is -4.46. The van der Waals surface area contributed by atoms with Crippen molar-refractivity contribution >= 4 is 74.2 Å². The summed E-state index contributed by atoms with van der Waals surface area (Å²) in [4.78, 5) is 12.8. The molecule has 51 heavy (non-hydrogen) atoms. The summed E-state index contributed by atoms with van der Waals surface area (Å²) in [7, 11) is 0. The lowest BCUT2D eigenvalue weighted by molar-refractivity contribution is -0.0323. The summed E-state index contributed by atoms with van der Waals surface area (Å²) in [6.45, 7) is 3.68. The SMILES string of the molecule is Cc1cc2c(cc1NNc1nccs1)CCN2c1cccc(-c2ccc(N3CCc4cc(NNc5ncco5)c(NSC(F)(F)F)cc43)cc2)c1. The van der Waals surface area contributed by atoms with Crippen LogP contribution in [0.2, 0.25) is 0 Å². The standard InChI is InChI=1S/C36H32F3N9OS2/c1-22-17-32-25(19-29(22)42-45-35-41-12-16-50-35)10-14-48(32)28-4-2-3-24(18-28)23-5-7-27(8-6-23)47-13-9-26-20-30(43-44-34-40-11-15-49-34)31(21-33(26)47)46-51-36(37,38)39/h2-8,11-12,15-21,42-43,46H,9-10,13-14H2,1H3,(H,40,44)(H,41,45). The molecule has 0 atom stereocenters. The second kappa shape index (κ2) is 13.6. The van der Waals surface area contributed by atoms with E-state index in [0.29, 0.717) is 12.2 Å². The van der Waals surface area contributed by atoms with E-state index in [9.17, 15) is 13.2 Å². The molecule has 2 aliphatic rings. The topological polar surface area (TPSA) is 106 Å². The van der Waals surface area contributed by atoms with E-state index in [1.807, 2.05) is 11.4 Å². The first-order valence-corrected chi connectivity index (χ1v) is 17.9. The van der Waals surface area contributed by atoms with Gasteiger partial charge in [-0.3, -0.25) is 21.7 Å². The van der Waals surface area contributed by atoms with Crippen molar-refractivity contribution < 1.29 is 17.6 Å². The number of fused-ring (bicyclic) bond motifs is 2. The van der Waals surface area contributed by atoms with E-state index in [4.69, 9.17) is 4.42 Å². The highest BCUT2D eigenvalue weighted by molar-refractivity contribution is 8.01. The maximum Gasteiger partial charge on any atom is 0.461 e. The third-order valence-corrected chi connectivity index (χ3v) is 10.1. The quantitative estimate of drug-likeness (QED) is 0.0651. The van der Waals surface area contributed by atoms with Gasteiger partial charge in [-0.2, -0.15) is 13.2 Å². The third-order valence-electron chi connectivity index (χ3n) is 8.86. The number of alkyl halides is 3. The van der Waals surface area contributed by atoms with Gasteiger partial charge in [-0.15, -0.1) is 11.3 Å². The molecular formula is C36H32F3N9OS2. The van der Waals surface area contributed by atoms with Gasteiger partial charge in [0, 0.05) is 47.4 Å². The minimum Gasteiger partial charge on any atom is -0.431 e. The highest BCUT2D eigenvalue weighted by Crippen LogP contribution is 2.43. The largest absolute Gasteiger partial charge is 0.461 e. The van der Waals surface area contributed by atoms with Crippen molar-refractivity contribution in [2.45, 2.75) is 25.3 Å². The molecule has 15 heteroatoms. The molecule has 0 saturated heterocycles. The van der Waals surface area contributed by atoms with Crippen molar-refractivity contribution in [1.29, 1.82) is 0 Å². The highest BCUT2D eigenvalue weighted by atomic mass is 32.2. The summed E-state index contributed by atoms with van der Waals surface area (Å²) < 4.78 is 47.2. The number of hydrogen-bond acceptors (Lipinski definition) is 12. The number of rotatable bonds is 11. The summed E-state index contributed by atoms with van der Waals surface area (Å²) in [5, 5.41) is 2.75. The second-order valence-electron chi connectivity index (χ2n) is 12.0. The molecule has 0 amide bonds. The zero-order valence-corrected chi connectivity index (χ0v) is 28.8. The number of thiazole rings is 1. The molecule has 260 valence electrons. The van der Waals surface area contributed by atoms with Crippen LogP contribution in [0.25, 0.3) is 11.1 Å². The van der Waals surface area contributed by atoms with E-state index < -0.39 is 5.51 Å². The Kier molecular flexibility index (Phi) is 8.73. The predicted octanol–water partition coefficient (Wildman–Crippen LogP) is 9.95. The Morgan fingerprint density at radius 1 is 0.745 bits per heavy atom. The van der Waals surface area contributed by atoms with Crippen molar-refractivity contribution in [3.63, 3.8) is 0 Å². The van der Waals surface area contributed by atoms with Crippen LogP contribution >= 0.6 is 23.3 Å². The fourth-order valence-electron chi connectivity index (χ4n) is 6.45. The van der Waals surface area contributed by atoms with Gasteiger partial charge in [-0.1, -0.05) is 24.3 Å². The lowest BCUT2D eigenvalue weighted by atomic mass is 10.0. The molecule has 0 aliphatic carbocycles.